The van der Waals surface area contributed by atoms with Crippen molar-refractivity contribution in [2.24, 2.45) is 0 Å². The van der Waals surface area contributed by atoms with Crippen molar-refractivity contribution in [1.82, 2.24) is 10.2 Å². The molecule has 0 aromatic heterocycles. The summed E-state index contributed by atoms with van der Waals surface area (Å²) in [4.78, 5) is 2.48. The van der Waals surface area contributed by atoms with Gasteiger partial charge in [-0.25, -0.2) is 0 Å². The van der Waals surface area contributed by atoms with Crippen LogP contribution < -0.4 is 5.32 Å². The Hall–Kier alpha value is 0.170. The van der Waals surface area contributed by atoms with E-state index in [0.717, 1.165) is 39.4 Å². The molecule has 2 fully saturated rings. The fourth-order valence-corrected chi connectivity index (χ4v) is 2.76. The van der Waals surface area contributed by atoms with Gasteiger partial charge in [0.15, 0.2) is 0 Å². The van der Waals surface area contributed by atoms with Gasteiger partial charge < -0.3 is 10.1 Å². The Labute approximate surface area is 103 Å². The molecule has 2 rings (SSSR count). The molecule has 0 amide bonds. The van der Waals surface area contributed by atoms with Gasteiger partial charge in [-0.1, -0.05) is 0 Å². The van der Waals surface area contributed by atoms with Crippen LogP contribution in [0.2, 0.25) is 0 Å². The fraction of sp³-hybridized carbons (Fsp3) is 1.00. The lowest BCUT2D eigenvalue weighted by atomic mass is 9.95. The van der Waals surface area contributed by atoms with Crippen molar-refractivity contribution >= 4 is 11.6 Å². The minimum atomic E-state index is 0.428. The summed E-state index contributed by atoms with van der Waals surface area (Å²) in [6.45, 7) is 6.25. The molecule has 0 aromatic carbocycles. The van der Waals surface area contributed by atoms with E-state index in [2.05, 4.69) is 10.2 Å². The lowest BCUT2D eigenvalue weighted by Gasteiger charge is -2.29. The van der Waals surface area contributed by atoms with Crippen molar-refractivity contribution in [3.8, 4) is 0 Å². The van der Waals surface area contributed by atoms with E-state index >= 15 is 0 Å². The third-order valence-corrected chi connectivity index (χ3v) is 4.06. The molecule has 16 heavy (non-hydrogen) atoms. The Morgan fingerprint density at radius 1 is 1.12 bits per heavy atom. The van der Waals surface area contributed by atoms with Crippen LogP contribution in [0.5, 0.6) is 0 Å². The van der Waals surface area contributed by atoms with Gasteiger partial charge in [0.05, 0.1) is 13.2 Å². The molecule has 1 saturated carbocycles. The van der Waals surface area contributed by atoms with Crippen LogP contribution in [-0.4, -0.2) is 55.7 Å². The van der Waals surface area contributed by atoms with E-state index in [9.17, 15) is 0 Å². The molecule has 3 nitrogen and oxygen atoms in total. The molecule has 1 N–H and O–H groups in total. The number of alkyl halides is 1. The molecule has 0 bridgehead atoms. The summed E-state index contributed by atoms with van der Waals surface area (Å²) >= 11 is 6.09. The molecule has 0 radical (unpaired) electrons. The van der Waals surface area contributed by atoms with Crippen molar-refractivity contribution in [3.63, 3.8) is 0 Å². The van der Waals surface area contributed by atoms with Crippen molar-refractivity contribution in [1.29, 1.82) is 0 Å². The highest BCUT2D eigenvalue weighted by atomic mass is 35.5. The Bertz CT molecular complexity index is 189. The third kappa shape index (κ3) is 4.21. The van der Waals surface area contributed by atoms with Crippen molar-refractivity contribution in [2.75, 3.05) is 39.4 Å². The van der Waals surface area contributed by atoms with E-state index in [0.29, 0.717) is 11.4 Å². The van der Waals surface area contributed by atoms with Crippen LogP contribution in [0.15, 0.2) is 0 Å². The predicted octanol–water partition coefficient (Wildman–Crippen LogP) is 1.46. The molecule has 1 aliphatic carbocycles. The summed E-state index contributed by atoms with van der Waals surface area (Å²) in [5.41, 5.74) is 0. The Morgan fingerprint density at radius 3 is 2.50 bits per heavy atom. The number of halogens is 1. The first-order chi connectivity index (χ1) is 7.84. The summed E-state index contributed by atoms with van der Waals surface area (Å²) < 4.78 is 5.33. The summed E-state index contributed by atoms with van der Waals surface area (Å²) in [7, 11) is 0. The smallest absolute Gasteiger partial charge is 0.0594 e. The topological polar surface area (TPSA) is 24.5 Å². The monoisotopic (exact) mass is 246 g/mol. The van der Waals surface area contributed by atoms with Crippen LogP contribution in [0.3, 0.4) is 0 Å². The molecule has 0 atom stereocenters. The maximum atomic E-state index is 6.09. The van der Waals surface area contributed by atoms with Crippen molar-refractivity contribution in [2.45, 2.75) is 37.1 Å². The highest BCUT2D eigenvalue weighted by molar-refractivity contribution is 6.20. The molecular formula is C12H23ClN2O. The number of nitrogens with zero attached hydrogens (tertiary/aromatic N) is 1. The van der Waals surface area contributed by atoms with E-state index in [1.165, 1.54) is 25.7 Å². The molecule has 2 aliphatic rings. The second-order valence-electron chi connectivity index (χ2n) is 4.86. The number of nitrogens with one attached hydrogen (secondary N) is 1. The highest BCUT2D eigenvalue weighted by Crippen LogP contribution is 2.22. The Morgan fingerprint density at radius 2 is 1.81 bits per heavy atom. The summed E-state index contributed by atoms with van der Waals surface area (Å²) in [5.74, 6) is 0. The lowest BCUT2D eigenvalue weighted by Crippen LogP contribution is -2.43. The third-order valence-electron chi connectivity index (χ3n) is 3.62. The van der Waals surface area contributed by atoms with E-state index < -0.39 is 0 Å². The molecule has 1 heterocycles. The molecule has 0 aromatic rings. The van der Waals surface area contributed by atoms with Gasteiger partial charge in [-0.3, -0.25) is 4.90 Å². The van der Waals surface area contributed by atoms with Gasteiger partial charge in [-0.05, 0) is 25.7 Å². The number of hydrogen-bond acceptors (Lipinski definition) is 3. The van der Waals surface area contributed by atoms with E-state index in [-0.39, 0.29) is 0 Å². The van der Waals surface area contributed by atoms with Crippen LogP contribution >= 0.6 is 11.6 Å². The molecule has 1 saturated heterocycles. The maximum absolute atomic E-state index is 6.09. The van der Waals surface area contributed by atoms with Crippen LogP contribution in [0.25, 0.3) is 0 Å². The zero-order valence-corrected chi connectivity index (χ0v) is 10.7. The molecule has 94 valence electrons. The normalized spacial score (nSPS) is 32.8. The minimum Gasteiger partial charge on any atom is -0.379 e. The molecular weight excluding hydrogens is 224 g/mol. The Balaban J connectivity index is 1.53. The number of morpholine rings is 1. The van der Waals surface area contributed by atoms with Crippen molar-refractivity contribution in [3.05, 3.63) is 0 Å². The van der Waals surface area contributed by atoms with Gasteiger partial charge in [0, 0.05) is 37.6 Å². The minimum absolute atomic E-state index is 0.428. The number of rotatable bonds is 4. The SMILES string of the molecule is ClC1CCC(NCCN2CCOCC2)CC1. The fourth-order valence-electron chi connectivity index (χ4n) is 2.51. The highest BCUT2D eigenvalue weighted by Gasteiger charge is 2.19. The second-order valence-corrected chi connectivity index (χ2v) is 5.47. The first-order valence-electron chi connectivity index (χ1n) is 6.52. The van der Waals surface area contributed by atoms with Gasteiger partial charge in [0.25, 0.3) is 0 Å². The summed E-state index contributed by atoms with van der Waals surface area (Å²) in [6.07, 6.45) is 4.85. The average Bonchev–Trinajstić information content (AvgIpc) is 2.33. The molecule has 4 heteroatoms. The zero-order valence-electron chi connectivity index (χ0n) is 9.96. The standard InChI is InChI=1S/C12H23ClN2O/c13-11-1-3-12(4-2-11)14-5-6-15-7-9-16-10-8-15/h11-12,14H,1-10H2. The van der Waals surface area contributed by atoms with E-state index in [4.69, 9.17) is 16.3 Å². The van der Waals surface area contributed by atoms with E-state index in [1.54, 1.807) is 0 Å². The maximum Gasteiger partial charge on any atom is 0.0594 e. The average molecular weight is 247 g/mol. The van der Waals surface area contributed by atoms with Crippen molar-refractivity contribution < 1.29 is 4.74 Å². The zero-order chi connectivity index (χ0) is 11.2. The van der Waals surface area contributed by atoms with Crippen LogP contribution in [-0.2, 0) is 4.74 Å². The van der Waals surface area contributed by atoms with Gasteiger partial charge in [0.1, 0.15) is 0 Å². The van der Waals surface area contributed by atoms with Crippen LogP contribution in [0, 0.1) is 0 Å². The van der Waals surface area contributed by atoms with Gasteiger partial charge in [-0.15, -0.1) is 11.6 Å². The summed E-state index contributed by atoms with van der Waals surface area (Å²) in [6, 6.07) is 0.705. The first kappa shape index (κ1) is 12.6. The predicted molar refractivity (Wildman–Crippen MR) is 67.2 cm³/mol. The number of hydrogen-bond donors (Lipinski definition) is 1. The largest absolute Gasteiger partial charge is 0.379 e. The Kier molecular flexibility index (Phi) is 5.36. The number of ether oxygens (including phenoxy) is 1. The molecule has 0 unspecified atom stereocenters. The van der Waals surface area contributed by atoms with Gasteiger partial charge in [-0.2, -0.15) is 0 Å². The van der Waals surface area contributed by atoms with Gasteiger partial charge >= 0.3 is 0 Å². The first-order valence-corrected chi connectivity index (χ1v) is 6.96. The van der Waals surface area contributed by atoms with Crippen LogP contribution in [0.1, 0.15) is 25.7 Å². The summed E-state index contributed by atoms with van der Waals surface area (Å²) in [5, 5.41) is 4.08. The molecule has 1 aliphatic heterocycles. The quantitative estimate of drug-likeness (QED) is 0.761. The second kappa shape index (κ2) is 6.80. The lowest BCUT2D eigenvalue weighted by molar-refractivity contribution is 0.0380. The van der Waals surface area contributed by atoms with Crippen LogP contribution in [0.4, 0.5) is 0 Å². The van der Waals surface area contributed by atoms with Gasteiger partial charge in [0.2, 0.25) is 0 Å². The van der Waals surface area contributed by atoms with E-state index in [1.807, 2.05) is 0 Å². The molecule has 0 spiro atoms.